The number of hydrogen-bond donors (Lipinski definition) is 4. The van der Waals surface area contributed by atoms with E-state index in [1.165, 1.54) is 18.3 Å². The van der Waals surface area contributed by atoms with Crippen molar-refractivity contribution in [1.29, 1.82) is 0 Å². The van der Waals surface area contributed by atoms with Gasteiger partial charge in [0.2, 0.25) is 6.79 Å². The molecule has 1 aliphatic heterocycles. The predicted octanol–water partition coefficient (Wildman–Crippen LogP) is 1.39. The highest BCUT2D eigenvalue weighted by Gasteiger charge is 2.13. The lowest BCUT2D eigenvalue weighted by Gasteiger charge is -2.06. The summed E-state index contributed by atoms with van der Waals surface area (Å²) in [5.41, 5.74) is 3.62. The van der Waals surface area contributed by atoms with Gasteiger partial charge < -0.3 is 25.0 Å². The van der Waals surface area contributed by atoms with Crippen LogP contribution in [0.4, 0.5) is 5.69 Å². The average molecular weight is 329 g/mol. The van der Waals surface area contributed by atoms with Gasteiger partial charge in [-0.05, 0) is 35.9 Å². The van der Waals surface area contributed by atoms with Crippen LogP contribution in [0.2, 0.25) is 0 Å². The van der Waals surface area contributed by atoms with Crippen LogP contribution < -0.4 is 20.2 Å². The molecular formula is C16H15N3O5. The van der Waals surface area contributed by atoms with Crippen LogP contribution in [0.3, 0.4) is 0 Å². The van der Waals surface area contributed by atoms with Crippen LogP contribution in [0, 0.1) is 0 Å². The predicted molar refractivity (Wildman–Crippen MR) is 86.6 cm³/mol. The fraction of sp³-hybridized carbons (Fsp3) is 0.125. The van der Waals surface area contributed by atoms with Gasteiger partial charge in [0.15, 0.2) is 23.0 Å². The lowest BCUT2D eigenvalue weighted by Crippen LogP contribution is -2.25. The van der Waals surface area contributed by atoms with E-state index in [2.05, 4.69) is 15.8 Å². The zero-order valence-corrected chi connectivity index (χ0v) is 12.5. The van der Waals surface area contributed by atoms with E-state index in [0.717, 1.165) is 5.69 Å². The fourth-order valence-electron chi connectivity index (χ4n) is 2.03. The number of nitrogens with zero attached hydrogens (tertiary/aromatic N) is 1. The van der Waals surface area contributed by atoms with Gasteiger partial charge in [-0.25, -0.2) is 5.43 Å². The zero-order valence-electron chi connectivity index (χ0n) is 12.5. The van der Waals surface area contributed by atoms with E-state index in [1.807, 2.05) is 0 Å². The molecule has 1 amide bonds. The van der Waals surface area contributed by atoms with Crippen molar-refractivity contribution in [3.05, 3.63) is 42.0 Å². The molecule has 0 bridgehead atoms. The molecule has 4 N–H and O–H groups in total. The second kappa shape index (κ2) is 6.78. The number of fused-ring (bicyclic) bond motifs is 1. The van der Waals surface area contributed by atoms with Gasteiger partial charge in [-0.1, -0.05) is 0 Å². The molecule has 8 heteroatoms. The van der Waals surface area contributed by atoms with Gasteiger partial charge in [0.05, 0.1) is 12.8 Å². The summed E-state index contributed by atoms with van der Waals surface area (Å²) in [6, 6.07) is 9.50. The van der Waals surface area contributed by atoms with Crippen LogP contribution in [0.5, 0.6) is 23.0 Å². The van der Waals surface area contributed by atoms with Crippen molar-refractivity contribution in [2.75, 3.05) is 18.7 Å². The summed E-state index contributed by atoms with van der Waals surface area (Å²) in [7, 11) is 0. The Morgan fingerprint density at radius 3 is 2.79 bits per heavy atom. The fourth-order valence-corrected chi connectivity index (χ4v) is 2.03. The molecule has 0 saturated carbocycles. The molecule has 2 aromatic rings. The van der Waals surface area contributed by atoms with E-state index in [9.17, 15) is 15.0 Å². The maximum absolute atomic E-state index is 11.7. The van der Waals surface area contributed by atoms with Crippen molar-refractivity contribution in [2.24, 2.45) is 5.10 Å². The van der Waals surface area contributed by atoms with E-state index in [1.54, 1.807) is 24.3 Å². The molecule has 8 nitrogen and oxygen atoms in total. The number of ether oxygens (including phenoxy) is 2. The van der Waals surface area contributed by atoms with Crippen LogP contribution in [-0.2, 0) is 4.79 Å². The van der Waals surface area contributed by atoms with Gasteiger partial charge in [-0.3, -0.25) is 4.79 Å². The summed E-state index contributed by atoms with van der Waals surface area (Å²) in [6.45, 7) is 0.221. The number of phenolic OH excluding ortho intramolecular Hbond substituents is 2. The van der Waals surface area contributed by atoms with E-state index < -0.39 is 0 Å². The number of hydrazone groups is 1. The number of nitrogens with one attached hydrogen (secondary N) is 2. The minimum absolute atomic E-state index is 0.0256. The minimum atomic E-state index is -0.341. The van der Waals surface area contributed by atoms with Crippen molar-refractivity contribution < 1.29 is 24.5 Å². The van der Waals surface area contributed by atoms with Gasteiger partial charge >= 0.3 is 0 Å². The second-order valence-electron chi connectivity index (χ2n) is 4.96. The highest BCUT2D eigenvalue weighted by atomic mass is 16.7. The van der Waals surface area contributed by atoms with E-state index in [0.29, 0.717) is 17.1 Å². The summed E-state index contributed by atoms with van der Waals surface area (Å²) >= 11 is 0. The normalized spacial score (nSPS) is 12.3. The molecule has 0 unspecified atom stereocenters. The summed E-state index contributed by atoms with van der Waals surface area (Å²) in [6.07, 6.45) is 1.36. The van der Waals surface area contributed by atoms with E-state index in [4.69, 9.17) is 9.47 Å². The van der Waals surface area contributed by atoms with Crippen LogP contribution >= 0.6 is 0 Å². The van der Waals surface area contributed by atoms with Crippen molar-refractivity contribution in [3.8, 4) is 23.0 Å². The summed E-state index contributed by atoms with van der Waals surface area (Å²) < 4.78 is 10.5. The van der Waals surface area contributed by atoms with Gasteiger partial charge in [-0.15, -0.1) is 0 Å². The van der Waals surface area contributed by atoms with Crippen LogP contribution in [-0.4, -0.2) is 35.7 Å². The quantitative estimate of drug-likeness (QED) is 0.375. The minimum Gasteiger partial charge on any atom is -0.504 e. The number of carbonyl (C=O) groups is 1. The zero-order chi connectivity index (χ0) is 16.9. The van der Waals surface area contributed by atoms with Crippen LogP contribution in [0.15, 0.2) is 41.5 Å². The van der Waals surface area contributed by atoms with Gasteiger partial charge in [0, 0.05) is 11.8 Å². The third-order valence-electron chi connectivity index (χ3n) is 3.23. The third kappa shape index (κ3) is 3.67. The first-order chi connectivity index (χ1) is 11.6. The van der Waals surface area contributed by atoms with Crippen molar-refractivity contribution >= 4 is 17.8 Å². The Balaban J connectivity index is 1.49. The van der Waals surface area contributed by atoms with Crippen molar-refractivity contribution in [2.45, 2.75) is 0 Å². The standard InChI is InChI=1S/C16H15N3O5/c20-12-3-1-10(5-13(12)21)7-18-19-16(22)8-17-11-2-4-14-15(6-11)24-9-23-14/h1-7,17,20-21H,8-9H2,(H,19,22). The number of benzene rings is 2. The third-order valence-corrected chi connectivity index (χ3v) is 3.23. The maximum atomic E-state index is 11.7. The highest BCUT2D eigenvalue weighted by molar-refractivity contribution is 5.84. The molecule has 2 aromatic carbocycles. The smallest absolute Gasteiger partial charge is 0.259 e. The van der Waals surface area contributed by atoms with E-state index in [-0.39, 0.29) is 30.7 Å². The number of amides is 1. The van der Waals surface area contributed by atoms with Gasteiger partial charge in [-0.2, -0.15) is 5.10 Å². The SMILES string of the molecule is O=C(CNc1ccc2c(c1)OCO2)NN=Cc1ccc(O)c(O)c1. The molecule has 0 saturated heterocycles. The Morgan fingerprint density at radius 1 is 1.12 bits per heavy atom. The second-order valence-corrected chi connectivity index (χ2v) is 4.96. The van der Waals surface area contributed by atoms with E-state index >= 15 is 0 Å². The molecule has 0 aliphatic carbocycles. The number of hydrogen-bond acceptors (Lipinski definition) is 7. The maximum Gasteiger partial charge on any atom is 0.259 e. The Morgan fingerprint density at radius 2 is 1.96 bits per heavy atom. The Hall–Kier alpha value is -3.42. The van der Waals surface area contributed by atoms with Gasteiger partial charge in [0.25, 0.3) is 5.91 Å². The molecule has 3 rings (SSSR count). The molecule has 0 aromatic heterocycles. The number of carbonyl (C=O) groups excluding carboxylic acids is 1. The Bertz CT molecular complexity index is 791. The molecule has 124 valence electrons. The van der Waals surface area contributed by atoms with Gasteiger partial charge in [0.1, 0.15) is 0 Å². The summed E-state index contributed by atoms with van der Waals surface area (Å²) in [5, 5.41) is 25.3. The summed E-state index contributed by atoms with van der Waals surface area (Å²) in [5.74, 6) is 0.489. The van der Waals surface area contributed by atoms with Crippen molar-refractivity contribution in [3.63, 3.8) is 0 Å². The Kier molecular flexibility index (Phi) is 4.37. The highest BCUT2D eigenvalue weighted by Crippen LogP contribution is 2.34. The first kappa shape index (κ1) is 15.5. The molecule has 0 fully saturated rings. The lowest BCUT2D eigenvalue weighted by molar-refractivity contribution is -0.119. The first-order valence-electron chi connectivity index (χ1n) is 7.09. The van der Waals surface area contributed by atoms with Crippen molar-refractivity contribution in [1.82, 2.24) is 5.43 Å². The van der Waals surface area contributed by atoms with Crippen LogP contribution in [0.25, 0.3) is 0 Å². The summed E-state index contributed by atoms with van der Waals surface area (Å²) in [4.78, 5) is 11.7. The number of phenols is 2. The number of anilines is 1. The lowest BCUT2D eigenvalue weighted by atomic mass is 10.2. The molecule has 1 heterocycles. The largest absolute Gasteiger partial charge is 0.504 e. The molecular weight excluding hydrogens is 314 g/mol. The topological polar surface area (TPSA) is 112 Å². The molecule has 0 radical (unpaired) electrons. The molecule has 24 heavy (non-hydrogen) atoms. The van der Waals surface area contributed by atoms with Crippen LogP contribution in [0.1, 0.15) is 5.56 Å². The monoisotopic (exact) mass is 329 g/mol. The number of aromatic hydroxyl groups is 2. The molecule has 0 atom stereocenters. The average Bonchev–Trinajstić information content (AvgIpc) is 3.04. The first-order valence-corrected chi connectivity index (χ1v) is 7.09. The Labute approximate surface area is 137 Å². The molecule has 1 aliphatic rings. The number of rotatable bonds is 5. The molecule has 0 spiro atoms.